The zero-order chi connectivity index (χ0) is 42.1. The fourth-order valence-electron chi connectivity index (χ4n) is 8.23. The van der Waals surface area contributed by atoms with Crippen molar-refractivity contribution < 1.29 is 61.7 Å². The van der Waals surface area contributed by atoms with Gasteiger partial charge in [-0.25, -0.2) is 4.68 Å². The van der Waals surface area contributed by atoms with Crippen LogP contribution in [0.1, 0.15) is 50.3 Å². The first-order valence-electron chi connectivity index (χ1n) is 18.9. The number of ether oxygens (including phenoxy) is 11. The lowest BCUT2D eigenvalue weighted by Gasteiger charge is -2.39. The summed E-state index contributed by atoms with van der Waals surface area (Å²) >= 11 is 0. The molecule has 0 saturated carbocycles. The summed E-state index contributed by atoms with van der Waals surface area (Å²) in [4.78, 5) is 27.0. The number of nitrogens with zero attached hydrogens (tertiary/aromatic N) is 3. The number of carbonyl (C=O) groups is 2. The van der Waals surface area contributed by atoms with Crippen LogP contribution in [-0.2, 0) is 16.1 Å². The molecule has 16 nitrogen and oxygen atoms in total. The number of hydrogen-bond acceptors (Lipinski definition) is 15. The van der Waals surface area contributed by atoms with Gasteiger partial charge in [-0.15, -0.1) is 5.10 Å². The molecule has 60 heavy (non-hydrogen) atoms. The molecular formula is C44H43N3O13. The Hall–Kier alpha value is -7.10. The van der Waals surface area contributed by atoms with E-state index in [1.165, 1.54) is 34.5 Å². The summed E-state index contributed by atoms with van der Waals surface area (Å²) in [7, 11) is 10.7. The number of aromatic nitrogens is 3. The van der Waals surface area contributed by atoms with Gasteiger partial charge in [0.15, 0.2) is 51.8 Å². The van der Waals surface area contributed by atoms with Crippen LogP contribution in [0.15, 0.2) is 66.9 Å². The average Bonchev–Trinajstić information content (AvgIpc) is 4.05. The van der Waals surface area contributed by atoms with Crippen molar-refractivity contribution in [3.63, 3.8) is 0 Å². The molecule has 3 aliphatic rings. The van der Waals surface area contributed by atoms with Crippen molar-refractivity contribution in [1.29, 1.82) is 0 Å². The molecule has 0 radical (unpaired) electrons. The third kappa shape index (κ3) is 7.07. The van der Waals surface area contributed by atoms with Crippen molar-refractivity contribution in [2.45, 2.75) is 18.6 Å². The quantitative estimate of drug-likeness (QED) is 0.0678. The molecule has 16 heteroatoms. The molecule has 4 aromatic carbocycles. The molecule has 0 unspecified atom stereocenters. The smallest absolute Gasteiger partial charge is 0.310 e. The molecule has 2 aliphatic heterocycles. The van der Waals surface area contributed by atoms with Gasteiger partial charge in [-0.05, 0) is 82.9 Å². The van der Waals surface area contributed by atoms with Crippen molar-refractivity contribution >= 4 is 17.8 Å². The lowest BCUT2D eigenvalue weighted by Crippen LogP contribution is -2.37. The summed E-state index contributed by atoms with van der Waals surface area (Å²) in [5.74, 6) is 2.67. The van der Waals surface area contributed by atoms with Gasteiger partial charge in [-0.3, -0.25) is 9.59 Å². The van der Waals surface area contributed by atoms with Gasteiger partial charge in [0.1, 0.15) is 12.3 Å². The number of allylic oxidation sites excluding steroid dienone is 1. The van der Waals surface area contributed by atoms with E-state index >= 15 is 0 Å². The third-order valence-electron chi connectivity index (χ3n) is 11.0. The monoisotopic (exact) mass is 821 g/mol. The summed E-state index contributed by atoms with van der Waals surface area (Å²) < 4.78 is 64.2. The minimum atomic E-state index is -0.600. The van der Waals surface area contributed by atoms with Crippen LogP contribution in [0.5, 0.6) is 57.5 Å². The third-order valence-corrected chi connectivity index (χ3v) is 11.0. The van der Waals surface area contributed by atoms with E-state index in [2.05, 4.69) is 10.3 Å². The summed E-state index contributed by atoms with van der Waals surface area (Å²) in [6.45, 7) is 0.263. The van der Waals surface area contributed by atoms with Crippen molar-refractivity contribution in [3.05, 3.63) is 100 Å². The fourth-order valence-corrected chi connectivity index (χ4v) is 8.23. The molecule has 0 N–H and O–H groups in total. The number of methoxy groups -OCH3 is 7. The number of cyclic esters (lactones) is 1. The molecule has 0 spiro atoms. The molecule has 4 atom stereocenters. The first-order valence-corrected chi connectivity index (χ1v) is 18.9. The van der Waals surface area contributed by atoms with Crippen LogP contribution in [0.4, 0.5) is 0 Å². The van der Waals surface area contributed by atoms with E-state index in [1.54, 1.807) is 68.6 Å². The van der Waals surface area contributed by atoms with Crippen molar-refractivity contribution in [1.82, 2.24) is 15.0 Å². The molecule has 1 saturated heterocycles. The molecule has 3 heterocycles. The number of fused-ring (bicyclic) bond motifs is 3. The van der Waals surface area contributed by atoms with E-state index in [0.717, 1.165) is 16.7 Å². The Balaban J connectivity index is 1.05. The Morgan fingerprint density at radius 1 is 0.733 bits per heavy atom. The number of hydrogen-bond donors (Lipinski definition) is 0. The maximum atomic E-state index is 13.7. The lowest BCUT2D eigenvalue weighted by atomic mass is 9.65. The SMILES string of the molecule is COc1cc(C(=O)/C=C/c2cc(OC)c(OC)c(OC)c2)ccc1OCc1cn([C@@H]2c3cc4c(cc3[C@@H](c3cc(OC)c(OC)c(OC)c3)[C@H]3C(=O)OC[C@@H]32)OCO4)nn1. The molecule has 8 rings (SSSR count). The summed E-state index contributed by atoms with van der Waals surface area (Å²) in [5.41, 5.74) is 4.07. The van der Waals surface area contributed by atoms with Crippen LogP contribution in [0.3, 0.4) is 0 Å². The van der Waals surface area contributed by atoms with Crippen molar-refractivity contribution in [2.24, 2.45) is 11.8 Å². The standard InChI is InChI=1S/C44H43N3O13/c1-50-32-14-24(30(48)10-8-23-12-35(51-2)42(55-6)36(13-23)52-3)9-11-31(32)57-20-26-19-47(46-45-26)41-28-18-34-33(59-22-60-34)17-27(28)39(40-29(41)21-58-44(40)49)25-15-37(53-4)43(56-7)38(16-25)54-5/h8-19,29,39-41H,20-22H2,1-7H3/b10-8+/t29-,39+,40-,41+/m0/s1. The lowest BCUT2D eigenvalue weighted by molar-refractivity contribution is -0.141. The van der Waals surface area contributed by atoms with Gasteiger partial charge in [0.2, 0.25) is 18.3 Å². The van der Waals surface area contributed by atoms with Crippen LogP contribution in [-0.4, -0.2) is 89.9 Å². The highest BCUT2D eigenvalue weighted by Crippen LogP contribution is 2.56. The van der Waals surface area contributed by atoms with Crippen molar-refractivity contribution in [2.75, 3.05) is 63.2 Å². The highest BCUT2D eigenvalue weighted by molar-refractivity contribution is 6.07. The highest BCUT2D eigenvalue weighted by Gasteiger charge is 2.53. The second kappa shape index (κ2) is 16.6. The van der Waals surface area contributed by atoms with Crippen LogP contribution in [0, 0.1) is 11.8 Å². The zero-order valence-corrected chi connectivity index (χ0v) is 34.0. The highest BCUT2D eigenvalue weighted by atomic mass is 16.7. The van der Waals surface area contributed by atoms with Gasteiger partial charge >= 0.3 is 5.97 Å². The van der Waals surface area contributed by atoms with Gasteiger partial charge in [0, 0.05) is 17.4 Å². The number of benzene rings is 4. The number of ketones is 1. The maximum Gasteiger partial charge on any atom is 0.310 e. The van der Waals surface area contributed by atoms with Crippen LogP contribution in [0.25, 0.3) is 6.08 Å². The van der Waals surface area contributed by atoms with E-state index in [1.807, 2.05) is 24.3 Å². The van der Waals surface area contributed by atoms with Crippen LogP contribution in [0.2, 0.25) is 0 Å². The Labute approximate surface area is 345 Å². The molecule has 1 aromatic heterocycles. The topological polar surface area (TPSA) is 166 Å². The fraction of sp³-hybridized carbons (Fsp3) is 0.318. The summed E-state index contributed by atoms with van der Waals surface area (Å²) in [6.07, 6.45) is 4.90. The van der Waals surface area contributed by atoms with Gasteiger partial charge in [-0.1, -0.05) is 11.3 Å². The van der Waals surface area contributed by atoms with Crippen molar-refractivity contribution in [3.8, 4) is 57.5 Å². The van der Waals surface area contributed by atoms with E-state index in [9.17, 15) is 9.59 Å². The van der Waals surface area contributed by atoms with E-state index in [4.69, 9.17) is 52.1 Å². The van der Waals surface area contributed by atoms with Gasteiger partial charge in [-0.2, -0.15) is 0 Å². The van der Waals surface area contributed by atoms with Gasteiger partial charge in [0.25, 0.3) is 0 Å². The summed E-state index contributed by atoms with van der Waals surface area (Å²) in [5, 5.41) is 8.99. The van der Waals surface area contributed by atoms with E-state index < -0.39 is 17.9 Å². The predicted octanol–water partition coefficient (Wildman–Crippen LogP) is 6.07. The van der Waals surface area contributed by atoms with E-state index in [-0.39, 0.29) is 37.7 Å². The zero-order valence-electron chi connectivity index (χ0n) is 34.0. The Morgan fingerprint density at radius 2 is 1.35 bits per heavy atom. The normalized spacial score (nSPS) is 18.6. The van der Waals surface area contributed by atoms with Crippen LogP contribution < -0.4 is 47.4 Å². The molecule has 0 bridgehead atoms. The van der Waals surface area contributed by atoms with Gasteiger partial charge in [0.05, 0.1) is 74.5 Å². The minimum absolute atomic E-state index is 0.0307. The minimum Gasteiger partial charge on any atom is -0.493 e. The Bertz CT molecular complexity index is 2430. The second-order valence-corrected chi connectivity index (χ2v) is 14.0. The molecule has 0 amide bonds. The second-order valence-electron chi connectivity index (χ2n) is 14.0. The summed E-state index contributed by atoms with van der Waals surface area (Å²) in [6, 6.07) is 15.5. The Kier molecular flexibility index (Phi) is 11.0. The average molecular weight is 822 g/mol. The van der Waals surface area contributed by atoms with Crippen LogP contribution >= 0.6 is 0 Å². The molecule has 1 fully saturated rings. The predicted molar refractivity (Wildman–Crippen MR) is 213 cm³/mol. The number of carbonyl (C=O) groups excluding carboxylic acids is 2. The molecule has 5 aromatic rings. The number of esters is 1. The largest absolute Gasteiger partial charge is 0.493 e. The maximum absolute atomic E-state index is 13.7. The van der Waals surface area contributed by atoms with Gasteiger partial charge < -0.3 is 52.1 Å². The Morgan fingerprint density at radius 3 is 1.97 bits per heavy atom. The van der Waals surface area contributed by atoms with E-state index in [0.29, 0.717) is 74.3 Å². The number of rotatable bonds is 15. The molecular weight excluding hydrogens is 778 g/mol. The molecule has 1 aliphatic carbocycles. The first kappa shape index (κ1) is 39.7. The molecule has 312 valence electrons. The first-order chi connectivity index (χ1) is 29.2.